The highest BCUT2D eigenvalue weighted by Crippen LogP contribution is 2.22. The van der Waals surface area contributed by atoms with Crippen molar-refractivity contribution in [3.63, 3.8) is 0 Å². The highest BCUT2D eigenvalue weighted by atomic mass is 127. The minimum atomic E-state index is 0. The van der Waals surface area contributed by atoms with E-state index >= 15 is 0 Å². The van der Waals surface area contributed by atoms with Crippen LogP contribution >= 0.6 is 46.9 Å². The predicted molar refractivity (Wildman–Crippen MR) is 123 cm³/mol. The largest absolute Gasteiger partial charge is 0.357 e. The van der Waals surface area contributed by atoms with Gasteiger partial charge in [-0.25, -0.2) is 0 Å². The van der Waals surface area contributed by atoms with Gasteiger partial charge >= 0.3 is 0 Å². The molecule has 9 heteroatoms. The van der Waals surface area contributed by atoms with E-state index in [2.05, 4.69) is 33.4 Å². The fourth-order valence-electron chi connectivity index (χ4n) is 2.70. The molecule has 27 heavy (non-hydrogen) atoms. The average Bonchev–Trinajstić information content (AvgIpc) is 3.24. The number of hydrogen-bond acceptors (Lipinski definition) is 4. The van der Waals surface area contributed by atoms with Gasteiger partial charge in [-0.05, 0) is 37.6 Å². The first kappa shape index (κ1) is 21.9. The fourth-order valence-corrected chi connectivity index (χ4v) is 3.84. The average molecular weight is 519 g/mol. The van der Waals surface area contributed by atoms with E-state index in [0.717, 1.165) is 54.2 Å². The van der Waals surface area contributed by atoms with Gasteiger partial charge in [-0.15, -0.1) is 45.5 Å². The van der Waals surface area contributed by atoms with Gasteiger partial charge in [0.25, 0.3) is 0 Å². The summed E-state index contributed by atoms with van der Waals surface area (Å²) in [5, 5.41) is 11.8. The van der Waals surface area contributed by atoms with Gasteiger partial charge in [-0.3, -0.25) is 9.39 Å². The molecule has 3 aromatic heterocycles. The summed E-state index contributed by atoms with van der Waals surface area (Å²) in [6, 6.07) is 9.92. The zero-order valence-electron chi connectivity index (χ0n) is 15.4. The molecule has 3 aromatic rings. The molecule has 1 N–H and O–H groups in total. The Morgan fingerprint density at radius 1 is 1.30 bits per heavy atom. The van der Waals surface area contributed by atoms with Gasteiger partial charge in [0.05, 0.1) is 10.9 Å². The normalized spacial score (nSPS) is 11.4. The number of aliphatic imine (C=N–C) groups is 1. The molecule has 0 aromatic carbocycles. The molecule has 0 unspecified atom stereocenters. The molecule has 0 fully saturated rings. The second kappa shape index (κ2) is 10.8. The van der Waals surface area contributed by atoms with Gasteiger partial charge in [0.15, 0.2) is 11.6 Å². The number of nitrogens with one attached hydrogen (secondary N) is 1. The van der Waals surface area contributed by atoms with E-state index in [1.165, 1.54) is 4.88 Å². The lowest BCUT2D eigenvalue weighted by Crippen LogP contribution is -2.38. The summed E-state index contributed by atoms with van der Waals surface area (Å²) >= 11 is 7.62. The van der Waals surface area contributed by atoms with Crippen molar-refractivity contribution in [1.29, 1.82) is 0 Å². The van der Waals surface area contributed by atoms with Gasteiger partial charge in [0.2, 0.25) is 0 Å². The standard InChI is InChI=1S/C18H23ClN6S.HI/c1-3-20-18(24(2)13-14-9-10-15(19)26-14)21-11-6-8-17-23-22-16-7-4-5-12-25(16)17;/h4-5,7,9-10,12H,3,6,8,11,13H2,1-2H3,(H,20,21);1H. The van der Waals surface area contributed by atoms with Crippen molar-refractivity contribution in [3.05, 3.63) is 51.6 Å². The number of nitrogens with zero attached hydrogens (tertiary/aromatic N) is 5. The van der Waals surface area contributed by atoms with Gasteiger partial charge in [0.1, 0.15) is 5.82 Å². The molecule has 3 heterocycles. The molecule has 0 spiro atoms. The Balaban J connectivity index is 0.00000261. The summed E-state index contributed by atoms with van der Waals surface area (Å²) in [5.41, 5.74) is 0.883. The van der Waals surface area contributed by atoms with Crippen LogP contribution in [0.5, 0.6) is 0 Å². The van der Waals surface area contributed by atoms with Crippen molar-refractivity contribution in [1.82, 2.24) is 24.8 Å². The fraction of sp³-hybridized carbons (Fsp3) is 0.389. The Morgan fingerprint density at radius 3 is 2.89 bits per heavy atom. The second-order valence-electron chi connectivity index (χ2n) is 5.95. The number of thiophene rings is 1. The third kappa shape index (κ3) is 6.05. The van der Waals surface area contributed by atoms with Gasteiger partial charge in [-0.2, -0.15) is 0 Å². The summed E-state index contributed by atoms with van der Waals surface area (Å²) < 4.78 is 2.84. The van der Waals surface area contributed by atoms with Crippen LogP contribution in [-0.4, -0.2) is 45.6 Å². The topological polar surface area (TPSA) is 57.8 Å². The first-order valence-corrected chi connectivity index (χ1v) is 9.89. The number of aromatic nitrogens is 3. The Hall–Kier alpha value is -1.39. The number of hydrogen-bond donors (Lipinski definition) is 1. The summed E-state index contributed by atoms with van der Waals surface area (Å²) in [6.07, 6.45) is 3.76. The highest BCUT2D eigenvalue weighted by molar-refractivity contribution is 14.0. The van der Waals surface area contributed by atoms with E-state index in [1.54, 1.807) is 11.3 Å². The highest BCUT2D eigenvalue weighted by Gasteiger charge is 2.08. The molecule has 0 aliphatic rings. The summed E-state index contributed by atoms with van der Waals surface area (Å²) in [5.74, 6) is 1.88. The molecule has 6 nitrogen and oxygen atoms in total. The van der Waals surface area contributed by atoms with E-state index in [1.807, 2.05) is 41.9 Å². The van der Waals surface area contributed by atoms with Gasteiger partial charge in [0, 0.05) is 37.6 Å². The minimum absolute atomic E-state index is 0. The molecule has 0 amide bonds. The first-order chi connectivity index (χ1) is 12.7. The number of aryl methyl sites for hydroxylation is 1. The number of rotatable bonds is 7. The van der Waals surface area contributed by atoms with Crippen LogP contribution in [0.1, 0.15) is 24.0 Å². The van der Waals surface area contributed by atoms with Crippen LogP contribution in [0.2, 0.25) is 4.34 Å². The Bertz CT molecular complexity index is 877. The van der Waals surface area contributed by atoms with E-state index in [0.29, 0.717) is 0 Å². The van der Waals surface area contributed by atoms with Crippen molar-refractivity contribution in [3.8, 4) is 0 Å². The van der Waals surface area contributed by atoms with Crippen LogP contribution in [-0.2, 0) is 13.0 Å². The molecule has 146 valence electrons. The number of pyridine rings is 1. The van der Waals surface area contributed by atoms with E-state index in [4.69, 9.17) is 16.6 Å². The Kier molecular flexibility index (Phi) is 8.78. The van der Waals surface area contributed by atoms with Crippen LogP contribution in [0.25, 0.3) is 5.65 Å². The lowest BCUT2D eigenvalue weighted by molar-refractivity contribution is 0.481. The third-order valence-corrected chi connectivity index (χ3v) is 5.14. The molecule has 0 atom stereocenters. The van der Waals surface area contributed by atoms with Crippen LogP contribution in [0.4, 0.5) is 0 Å². The van der Waals surface area contributed by atoms with E-state index in [-0.39, 0.29) is 24.0 Å². The predicted octanol–water partition coefficient (Wildman–Crippen LogP) is 4.09. The quantitative estimate of drug-likeness (QED) is 0.222. The maximum atomic E-state index is 6.02. The SMILES string of the molecule is CCNC(=NCCCc1nnc2ccccn12)N(C)Cc1ccc(Cl)s1.I. The van der Waals surface area contributed by atoms with Crippen molar-refractivity contribution in [2.75, 3.05) is 20.1 Å². The monoisotopic (exact) mass is 518 g/mol. The molecule has 0 aliphatic heterocycles. The van der Waals surface area contributed by atoms with Crippen molar-refractivity contribution in [2.45, 2.75) is 26.3 Å². The zero-order chi connectivity index (χ0) is 18.4. The van der Waals surface area contributed by atoms with Crippen LogP contribution in [0, 0.1) is 0 Å². The van der Waals surface area contributed by atoms with Crippen molar-refractivity contribution in [2.24, 2.45) is 4.99 Å². The van der Waals surface area contributed by atoms with Gasteiger partial charge in [-0.1, -0.05) is 17.7 Å². The smallest absolute Gasteiger partial charge is 0.193 e. The minimum Gasteiger partial charge on any atom is -0.357 e. The summed E-state index contributed by atoms with van der Waals surface area (Å²) in [6.45, 7) is 4.44. The number of fused-ring (bicyclic) bond motifs is 1. The summed E-state index contributed by atoms with van der Waals surface area (Å²) in [4.78, 5) is 8.09. The number of guanidine groups is 1. The lowest BCUT2D eigenvalue weighted by atomic mass is 10.3. The van der Waals surface area contributed by atoms with E-state index < -0.39 is 0 Å². The second-order valence-corrected chi connectivity index (χ2v) is 7.75. The first-order valence-electron chi connectivity index (χ1n) is 8.69. The number of halogens is 2. The molecular formula is C18H24ClIN6S. The van der Waals surface area contributed by atoms with Crippen LogP contribution < -0.4 is 5.32 Å². The van der Waals surface area contributed by atoms with Crippen LogP contribution in [0.3, 0.4) is 0 Å². The molecular weight excluding hydrogens is 495 g/mol. The molecule has 0 saturated carbocycles. The molecule has 0 radical (unpaired) electrons. The van der Waals surface area contributed by atoms with Crippen molar-refractivity contribution >= 4 is 58.5 Å². The molecule has 0 aliphatic carbocycles. The summed E-state index contributed by atoms with van der Waals surface area (Å²) in [7, 11) is 2.04. The molecule has 0 bridgehead atoms. The van der Waals surface area contributed by atoms with Crippen molar-refractivity contribution < 1.29 is 0 Å². The lowest BCUT2D eigenvalue weighted by Gasteiger charge is -2.21. The maximum absolute atomic E-state index is 6.02. The third-order valence-electron chi connectivity index (χ3n) is 3.92. The van der Waals surface area contributed by atoms with Crippen LogP contribution in [0.15, 0.2) is 41.5 Å². The molecule has 3 rings (SSSR count). The van der Waals surface area contributed by atoms with E-state index in [9.17, 15) is 0 Å². The van der Waals surface area contributed by atoms with Gasteiger partial charge < -0.3 is 10.2 Å². The Morgan fingerprint density at radius 2 is 2.15 bits per heavy atom. The Labute approximate surface area is 185 Å². The maximum Gasteiger partial charge on any atom is 0.193 e. The molecule has 0 saturated heterocycles. The zero-order valence-corrected chi connectivity index (χ0v) is 19.3.